The first-order valence-electron chi connectivity index (χ1n) is 7.47. The van der Waals surface area contributed by atoms with Crippen molar-refractivity contribution in [3.05, 3.63) is 50.7 Å². The van der Waals surface area contributed by atoms with E-state index in [1.165, 1.54) is 10.4 Å². The molecular weight excluding hydrogens is 316 g/mol. The van der Waals surface area contributed by atoms with E-state index in [1.807, 2.05) is 18.2 Å². The summed E-state index contributed by atoms with van der Waals surface area (Å²) in [6.45, 7) is 4.07. The van der Waals surface area contributed by atoms with Crippen molar-refractivity contribution in [1.29, 1.82) is 0 Å². The lowest BCUT2D eigenvalue weighted by Gasteiger charge is -2.41. The molecule has 0 atom stereocenters. The van der Waals surface area contributed by atoms with Crippen LogP contribution in [-0.2, 0) is 6.42 Å². The predicted molar refractivity (Wildman–Crippen MR) is 93.5 cm³/mol. The van der Waals surface area contributed by atoms with Crippen LogP contribution >= 0.6 is 22.9 Å². The van der Waals surface area contributed by atoms with E-state index in [0.29, 0.717) is 11.5 Å². The first kappa shape index (κ1) is 15.4. The van der Waals surface area contributed by atoms with E-state index in [9.17, 15) is 4.79 Å². The van der Waals surface area contributed by atoms with Crippen LogP contribution in [0.4, 0.5) is 5.69 Å². The maximum atomic E-state index is 11.7. The van der Waals surface area contributed by atoms with Gasteiger partial charge in [0.05, 0.1) is 4.34 Å². The number of carbonyl (C=O) groups is 1. The first-order chi connectivity index (χ1) is 10.6. The smallest absolute Gasteiger partial charge is 0.251 e. The molecule has 3 rings (SSSR count). The molecule has 22 heavy (non-hydrogen) atoms. The highest BCUT2D eigenvalue weighted by molar-refractivity contribution is 7.16. The van der Waals surface area contributed by atoms with Crippen LogP contribution < -0.4 is 10.2 Å². The molecule has 0 bridgehead atoms. The number of carbonyl (C=O) groups excluding carboxylic acids is 1. The van der Waals surface area contributed by atoms with Gasteiger partial charge in [-0.25, -0.2) is 0 Å². The molecule has 2 aromatic rings. The summed E-state index contributed by atoms with van der Waals surface area (Å²) in [4.78, 5) is 15.4. The Kier molecular flexibility index (Phi) is 4.41. The number of hydrogen-bond donors (Lipinski definition) is 1. The van der Waals surface area contributed by atoms with Crippen molar-refractivity contribution in [3.63, 3.8) is 0 Å². The van der Waals surface area contributed by atoms with Crippen LogP contribution in [0.25, 0.3) is 0 Å². The van der Waals surface area contributed by atoms with E-state index in [0.717, 1.165) is 29.5 Å². The average molecular weight is 335 g/mol. The van der Waals surface area contributed by atoms with Crippen LogP contribution in [0.1, 0.15) is 33.6 Å². The van der Waals surface area contributed by atoms with Gasteiger partial charge in [-0.2, -0.15) is 0 Å². The van der Waals surface area contributed by atoms with Crippen LogP contribution in [0.15, 0.2) is 30.3 Å². The lowest BCUT2D eigenvalue weighted by Crippen LogP contribution is -2.45. The van der Waals surface area contributed by atoms with Gasteiger partial charge in [0.25, 0.3) is 5.91 Å². The fourth-order valence-corrected chi connectivity index (χ4v) is 4.17. The summed E-state index contributed by atoms with van der Waals surface area (Å²) in [5.41, 5.74) is 3.08. The fraction of sp³-hybridized carbons (Fsp3) is 0.353. The number of benzene rings is 1. The van der Waals surface area contributed by atoms with E-state index in [2.05, 4.69) is 29.3 Å². The van der Waals surface area contributed by atoms with E-state index in [4.69, 9.17) is 11.6 Å². The molecule has 1 aliphatic heterocycles. The number of halogens is 1. The van der Waals surface area contributed by atoms with Crippen molar-refractivity contribution < 1.29 is 4.79 Å². The minimum atomic E-state index is -0.0487. The van der Waals surface area contributed by atoms with Crippen molar-refractivity contribution in [2.45, 2.75) is 19.3 Å². The number of anilines is 1. The zero-order valence-corrected chi connectivity index (χ0v) is 14.3. The molecule has 1 saturated heterocycles. The Labute approximate surface area is 139 Å². The Bertz CT molecular complexity index is 692. The molecule has 5 heteroatoms. The zero-order chi connectivity index (χ0) is 15.7. The molecule has 0 spiro atoms. The van der Waals surface area contributed by atoms with Gasteiger partial charge in [-0.15, -0.1) is 11.3 Å². The number of amides is 1. The van der Waals surface area contributed by atoms with Gasteiger partial charge in [0.1, 0.15) is 0 Å². The van der Waals surface area contributed by atoms with Gasteiger partial charge in [-0.05, 0) is 36.2 Å². The third-order valence-corrected chi connectivity index (χ3v) is 5.67. The topological polar surface area (TPSA) is 32.3 Å². The Hall–Kier alpha value is -1.52. The second kappa shape index (κ2) is 6.31. The van der Waals surface area contributed by atoms with Crippen LogP contribution in [-0.4, -0.2) is 26.0 Å². The molecule has 1 aromatic carbocycles. The zero-order valence-electron chi connectivity index (χ0n) is 12.7. The molecule has 1 amide bonds. The third kappa shape index (κ3) is 2.85. The van der Waals surface area contributed by atoms with Gasteiger partial charge < -0.3 is 10.2 Å². The fourth-order valence-electron chi connectivity index (χ4n) is 2.76. The van der Waals surface area contributed by atoms with Gasteiger partial charge in [-0.3, -0.25) is 4.79 Å². The van der Waals surface area contributed by atoms with Gasteiger partial charge in [0, 0.05) is 42.2 Å². The number of nitrogens with zero attached hydrogens (tertiary/aromatic N) is 1. The van der Waals surface area contributed by atoms with E-state index >= 15 is 0 Å². The van der Waals surface area contributed by atoms with Gasteiger partial charge in [-0.1, -0.05) is 24.6 Å². The highest BCUT2D eigenvalue weighted by Gasteiger charge is 2.31. The molecule has 1 fully saturated rings. The molecular formula is C17H19ClN2OS. The largest absolute Gasteiger partial charge is 0.370 e. The van der Waals surface area contributed by atoms with E-state index in [1.54, 1.807) is 18.4 Å². The third-order valence-electron chi connectivity index (χ3n) is 4.13. The van der Waals surface area contributed by atoms with Crippen molar-refractivity contribution in [3.8, 4) is 0 Å². The summed E-state index contributed by atoms with van der Waals surface area (Å²) in [5.74, 6) is 0.445. The second-order valence-corrected chi connectivity index (χ2v) is 7.27. The van der Waals surface area contributed by atoms with Crippen LogP contribution in [0.2, 0.25) is 4.34 Å². The highest BCUT2D eigenvalue weighted by atomic mass is 35.5. The quantitative estimate of drug-likeness (QED) is 0.918. The number of aryl methyl sites for hydroxylation is 1. The summed E-state index contributed by atoms with van der Waals surface area (Å²) in [7, 11) is 1.65. The Morgan fingerprint density at radius 3 is 2.82 bits per heavy atom. The molecule has 1 aromatic heterocycles. The van der Waals surface area contributed by atoms with E-state index < -0.39 is 0 Å². The minimum absolute atomic E-state index is 0.0487. The Balaban J connectivity index is 1.70. The number of rotatable bonds is 4. The SMILES string of the molecule is CCc1cc(C2CN(c3cccc(C(=O)NC)c3)C2)c(Cl)s1. The first-order valence-corrected chi connectivity index (χ1v) is 8.67. The molecule has 116 valence electrons. The summed E-state index contributed by atoms with van der Waals surface area (Å²) in [6, 6.07) is 10.0. The van der Waals surface area contributed by atoms with Crippen molar-refractivity contribution in [2.75, 3.05) is 25.0 Å². The molecule has 0 radical (unpaired) electrons. The standard InChI is InChI=1S/C17H19ClN2OS/c1-3-14-8-15(16(18)22-14)12-9-20(10-12)13-6-4-5-11(7-13)17(21)19-2/h4-8,12H,3,9-10H2,1-2H3,(H,19,21). The van der Waals surface area contributed by atoms with Crippen LogP contribution in [0.3, 0.4) is 0 Å². The maximum absolute atomic E-state index is 11.7. The van der Waals surface area contributed by atoms with Crippen molar-refractivity contribution >= 4 is 34.5 Å². The predicted octanol–water partition coefficient (Wildman–Crippen LogP) is 3.93. The minimum Gasteiger partial charge on any atom is -0.370 e. The second-order valence-electron chi connectivity index (χ2n) is 5.53. The van der Waals surface area contributed by atoms with Gasteiger partial charge in [0.2, 0.25) is 0 Å². The van der Waals surface area contributed by atoms with E-state index in [-0.39, 0.29) is 5.91 Å². The van der Waals surface area contributed by atoms with Crippen molar-refractivity contribution in [1.82, 2.24) is 5.32 Å². The average Bonchev–Trinajstić information content (AvgIpc) is 2.86. The molecule has 0 aliphatic carbocycles. The van der Waals surface area contributed by atoms with Crippen LogP contribution in [0, 0.1) is 0 Å². The van der Waals surface area contributed by atoms with Gasteiger partial charge in [0.15, 0.2) is 0 Å². The number of hydrogen-bond acceptors (Lipinski definition) is 3. The number of nitrogens with one attached hydrogen (secondary N) is 1. The molecule has 0 unspecified atom stereocenters. The highest BCUT2D eigenvalue weighted by Crippen LogP contribution is 2.39. The molecule has 2 heterocycles. The lowest BCUT2D eigenvalue weighted by molar-refractivity contribution is 0.0963. The molecule has 0 saturated carbocycles. The Morgan fingerprint density at radius 1 is 1.41 bits per heavy atom. The number of thiophene rings is 1. The normalized spacial score (nSPS) is 14.8. The van der Waals surface area contributed by atoms with Crippen molar-refractivity contribution in [2.24, 2.45) is 0 Å². The summed E-state index contributed by atoms with van der Waals surface area (Å²) in [5, 5.41) is 2.66. The Morgan fingerprint density at radius 2 is 2.18 bits per heavy atom. The van der Waals surface area contributed by atoms with Crippen LogP contribution in [0.5, 0.6) is 0 Å². The molecule has 1 aliphatic rings. The summed E-state index contributed by atoms with van der Waals surface area (Å²) in [6.07, 6.45) is 1.04. The van der Waals surface area contributed by atoms with Gasteiger partial charge >= 0.3 is 0 Å². The molecule has 3 nitrogen and oxygen atoms in total. The summed E-state index contributed by atoms with van der Waals surface area (Å²) < 4.78 is 0.931. The maximum Gasteiger partial charge on any atom is 0.251 e. The monoisotopic (exact) mass is 334 g/mol. The lowest BCUT2D eigenvalue weighted by atomic mass is 9.92. The molecule has 1 N–H and O–H groups in total. The summed E-state index contributed by atoms with van der Waals surface area (Å²) >= 11 is 8.05.